The van der Waals surface area contributed by atoms with Crippen molar-refractivity contribution in [2.45, 2.75) is 38.8 Å². The molecule has 0 aliphatic carbocycles. The fourth-order valence-corrected chi connectivity index (χ4v) is 1.57. The van der Waals surface area contributed by atoms with Gasteiger partial charge in [-0.25, -0.2) is 0 Å². The van der Waals surface area contributed by atoms with Crippen LogP contribution in [0.5, 0.6) is 0 Å². The second kappa shape index (κ2) is 3.05. The predicted molar refractivity (Wildman–Crippen MR) is 46.9 cm³/mol. The van der Waals surface area contributed by atoms with Crippen LogP contribution in [0.2, 0.25) is 0 Å². The largest absolute Gasteiger partial charge is 0.468 e. The fourth-order valence-electron chi connectivity index (χ4n) is 1.57. The first-order valence-corrected chi connectivity index (χ1v) is 4.31. The lowest BCUT2D eigenvalue weighted by molar-refractivity contribution is -0.156. The van der Waals surface area contributed by atoms with Gasteiger partial charge >= 0.3 is 5.97 Å². The summed E-state index contributed by atoms with van der Waals surface area (Å²) in [4.78, 5) is 13.4. The minimum absolute atomic E-state index is 0.00463. The van der Waals surface area contributed by atoms with Gasteiger partial charge in [0, 0.05) is 12.1 Å². The Balaban J connectivity index is 2.55. The molecule has 1 atom stereocenters. The average Bonchev–Trinajstić information content (AvgIpc) is 1.80. The molecule has 12 heavy (non-hydrogen) atoms. The molecule has 0 aromatic carbocycles. The summed E-state index contributed by atoms with van der Waals surface area (Å²) in [5.41, 5.74) is 0.0805. The molecule has 1 aliphatic heterocycles. The molecule has 0 saturated carbocycles. The van der Waals surface area contributed by atoms with Crippen molar-refractivity contribution in [1.82, 2.24) is 4.90 Å². The van der Waals surface area contributed by atoms with E-state index in [9.17, 15) is 4.79 Å². The third-order valence-corrected chi connectivity index (χ3v) is 2.35. The number of rotatable bonds is 1. The molecule has 1 heterocycles. The number of nitrogens with zero attached hydrogens (tertiary/aromatic N) is 1. The van der Waals surface area contributed by atoms with Crippen molar-refractivity contribution in [2.24, 2.45) is 0 Å². The van der Waals surface area contributed by atoms with Crippen LogP contribution in [-0.4, -0.2) is 36.1 Å². The van der Waals surface area contributed by atoms with Crippen LogP contribution in [0.1, 0.15) is 27.2 Å². The van der Waals surface area contributed by atoms with Crippen LogP contribution in [0, 0.1) is 0 Å². The van der Waals surface area contributed by atoms with Gasteiger partial charge in [0.1, 0.15) is 6.04 Å². The number of hydrogen-bond donors (Lipinski definition) is 0. The van der Waals surface area contributed by atoms with Crippen molar-refractivity contribution in [1.29, 1.82) is 0 Å². The molecule has 0 aromatic rings. The third kappa shape index (κ3) is 1.61. The van der Waals surface area contributed by atoms with Crippen LogP contribution >= 0.6 is 0 Å². The molecule has 0 radical (unpaired) electrons. The molecule has 0 spiro atoms. The highest BCUT2D eigenvalue weighted by Crippen LogP contribution is 2.27. The minimum Gasteiger partial charge on any atom is -0.468 e. The topological polar surface area (TPSA) is 29.5 Å². The van der Waals surface area contributed by atoms with Gasteiger partial charge in [0.25, 0.3) is 0 Å². The van der Waals surface area contributed by atoms with E-state index in [1.54, 1.807) is 0 Å². The first-order valence-electron chi connectivity index (χ1n) is 4.31. The Kier molecular flexibility index (Phi) is 2.42. The summed E-state index contributed by atoms with van der Waals surface area (Å²) in [6, 6.07) is -0.00463. The van der Waals surface area contributed by atoms with Crippen molar-refractivity contribution in [3.8, 4) is 0 Å². The highest BCUT2D eigenvalue weighted by Gasteiger charge is 2.40. The van der Waals surface area contributed by atoms with Crippen molar-refractivity contribution >= 4 is 5.97 Å². The second-order valence-corrected chi connectivity index (χ2v) is 4.19. The van der Waals surface area contributed by atoms with Crippen LogP contribution in [0.3, 0.4) is 0 Å². The zero-order valence-electron chi connectivity index (χ0n) is 8.26. The number of methoxy groups -OCH3 is 1. The number of esters is 1. The molecular formula is C9H17NO2. The Labute approximate surface area is 73.7 Å². The maximum absolute atomic E-state index is 11.2. The molecule has 1 fully saturated rings. The highest BCUT2D eigenvalue weighted by atomic mass is 16.5. The fraction of sp³-hybridized carbons (Fsp3) is 0.889. The van der Waals surface area contributed by atoms with Gasteiger partial charge < -0.3 is 4.74 Å². The predicted octanol–water partition coefficient (Wildman–Crippen LogP) is 1.03. The number of hydrogen-bond acceptors (Lipinski definition) is 3. The molecule has 1 aliphatic rings. The Morgan fingerprint density at radius 3 is 2.33 bits per heavy atom. The van der Waals surface area contributed by atoms with Gasteiger partial charge in [0.05, 0.1) is 7.11 Å². The van der Waals surface area contributed by atoms with Gasteiger partial charge in [-0.05, 0) is 27.2 Å². The first kappa shape index (κ1) is 9.52. The summed E-state index contributed by atoms with van der Waals surface area (Å²) in [6.07, 6.45) is 0.934. The Hall–Kier alpha value is -0.570. The van der Waals surface area contributed by atoms with E-state index in [1.165, 1.54) is 7.11 Å². The van der Waals surface area contributed by atoms with Crippen LogP contribution in [0.15, 0.2) is 0 Å². The summed E-state index contributed by atoms with van der Waals surface area (Å²) in [5.74, 6) is -0.101. The Bertz CT molecular complexity index is 183. The van der Waals surface area contributed by atoms with E-state index in [-0.39, 0.29) is 17.6 Å². The number of likely N-dealkylation sites (tertiary alicyclic amines) is 1. The minimum atomic E-state index is -0.101. The lowest BCUT2D eigenvalue weighted by Crippen LogP contribution is -2.60. The molecule has 0 bridgehead atoms. The molecule has 0 aromatic heterocycles. The summed E-state index contributed by atoms with van der Waals surface area (Å²) < 4.78 is 4.70. The van der Waals surface area contributed by atoms with Gasteiger partial charge in [0.15, 0.2) is 0 Å². The van der Waals surface area contributed by atoms with Crippen LogP contribution in [-0.2, 0) is 9.53 Å². The van der Waals surface area contributed by atoms with Gasteiger partial charge in [0.2, 0.25) is 0 Å². The van der Waals surface area contributed by atoms with E-state index in [1.807, 2.05) is 0 Å². The molecule has 3 heteroatoms. The zero-order chi connectivity index (χ0) is 9.35. The molecule has 1 saturated heterocycles. The van der Waals surface area contributed by atoms with E-state index < -0.39 is 0 Å². The van der Waals surface area contributed by atoms with Crippen LogP contribution in [0.4, 0.5) is 0 Å². The molecule has 3 nitrogen and oxygen atoms in total. The third-order valence-electron chi connectivity index (χ3n) is 2.35. The Morgan fingerprint density at radius 1 is 1.50 bits per heavy atom. The molecule has 0 amide bonds. The molecule has 0 unspecified atom stereocenters. The summed E-state index contributed by atoms with van der Waals surface area (Å²) in [5, 5.41) is 0. The van der Waals surface area contributed by atoms with E-state index in [0.29, 0.717) is 0 Å². The summed E-state index contributed by atoms with van der Waals surface area (Å²) in [6.45, 7) is 7.34. The van der Waals surface area contributed by atoms with Crippen LogP contribution < -0.4 is 0 Å². The van der Waals surface area contributed by atoms with E-state index in [2.05, 4.69) is 25.7 Å². The van der Waals surface area contributed by atoms with Crippen molar-refractivity contribution in [2.75, 3.05) is 13.7 Å². The number of carbonyl (C=O) groups is 1. The standard InChI is InChI=1S/C9H17NO2/c1-9(2,3)10-6-5-7(10)8(11)12-4/h7H,5-6H2,1-4H3/t7-/m0/s1. The SMILES string of the molecule is COC(=O)[C@@H]1CCN1C(C)(C)C. The normalized spacial score (nSPS) is 24.8. The maximum Gasteiger partial charge on any atom is 0.323 e. The molecule has 0 N–H and O–H groups in total. The summed E-state index contributed by atoms with van der Waals surface area (Å²) >= 11 is 0. The highest BCUT2D eigenvalue weighted by molar-refractivity contribution is 5.76. The molecular weight excluding hydrogens is 154 g/mol. The van der Waals surface area contributed by atoms with Gasteiger partial charge in [-0.1, -0.05) is 0 Å². The quantitative estimate of drug-likeness (QED) is 0.552. The van der Waals surface area contributed by atoms with E-state index in [0.717, 1.165) is 13.0 Å². The van der Waals surface area contributed by atoms with Crippen molar-refractivity contribution < 1.29 is 9.53 Å². The van der Waals surface area contributed by atoms with Gasteiger partial charge in [-0.3, -0.25) is 9.69 Å². The number of carbonyl (C=O) groups excluding carboxylic acids is 1. The first-order chi connectivity index (χ1) is 5.46. The smallest absolute Gasteiger partial charge is 0.323 e. The lowest BCUT2D eigenvalue weighted by atomic mass is 9.93. The van der Waals surface area contributed by atoms with Crippen molar-refractivity contribution in [3.05, 3.63) is 0 Å². The Morgan fingerprint density at radius 2 is 2.08 bits per heavy atom. The molecule has 1 rings (SSSR count). The van der Waals surface area contributed by atoms with E-state index in [4.69, 9.17) is 4.74 Å². The zero-order valence-corrected chi connectivity index (χ0v) is 8.26. The molecule has 70 valence electrons. The second-order valence-electron chi connectivity index (χ2n) is 4.19. The monoisotopic (exact) mass is 171 g/mol. The average molecular weight is 171 g/mol. The van der Waals surface area contributed by atoms with Crippen LogP contribution in [0.25, 0.3) is 0 Å². The van der Waals surface area contributed by atoms with E-state index >= 15 is 0 Å². The van der Waals surface area contributed by atoms with Gasteiger partial charge in [-0.15, -0.1) is 0 Å². The lowest BCUT2D eigenvalue weighted by Gasteiger charge is -2.47. The van der Waals surface area contributed by atoms with Gasteiger partial charge in [-0.2, -0.15) is 0 Å². The van der Waals surface area contributed by atoms with Crippen molar-refractivity contribution in [3.63, 3.8) is 0 Å². The maximum atomic E-state index is 11.2. The summed E-state index contributed by atoms with van der Waals surface area (Å²) in [7, 11) is 1.45. The number of ether oxygens (including phenoxy) is 1.